The number of sulfonamides is 1. The predicted octanol–water partition coefficient (Wildman–Crippen LogP) is 3.76. The lowest BCUT2D eigenvalue weighted by molar-refractivity contribution is 0.181. The molecule has 29 heavy (non-hydrogen) atoms. The van der Waals surface area contributed by atoms with E-state index >= 15 is 0 Å². The van der Waals surface area contributed by atoms with Gasteiger partial charge in [0.15, 0.2) is 0 Å². The van der Waals surface area contributed by atoms with Gasteiger partial charge in [-0.05, 0) is 43.3 Å². The van der Waals surface area contributed by atoms with Crippen LogP contribution in [0.5, 0.6) is 0 Å². The first kappa shape index (κ1) is 20.2. The van der Waals surface area contributed by atoms with Crippen molar-refractivity contribution in [2.24, 2.45) is 0 Å². The average Bonchev–Trinajstić information content (AvgIpc) is 3.18. The van der Waals surface area contributed by atoms with Crippen LogP contribution >= 0.6 is 11.3 Å². The van der Waals surface area contributed by atoms with Crippen molar-refractivity contribution in [1.82, 2.24) is 14.2 Å². The molecule has 0 radical (unpaired) electrons. The van der Waals surface area contributed by atoms with Crippen LogP contribution in [-0.2, 0) is 16.6 Å². The smallest absolute Gasteiger partial charge is 0.243 e. The summed E-state index contributed by atoms with van der Waals surface area (Å²) in [6.07, 6.45) is 0. The van der Waals surface area contributed by atoms with Crippen molar-refractivity contribution in [2.45, 2.75) is 18.4 Å². The number of aromatic nitrogens is 1. The molecule has 0 spiro atoms. The Morgan fingerprint density at radius 1 is 1.00 bits per heavy atom. The van der Waals surface area contributed by atoms with Crippen molar-refractivity contribution in [1.29, 1.82) is 0 Å². The third-order valence-electron chi connectivity index (χ3n) is 5.04. The molecule has 0 N–H and O–H groups in total. The molecule has 2 aromatic carbocycles. The second-order valence-electron chi connectivity index (χ2n) is 7.13. The summed E-state index contributed by atoms with van der Waals surface area (Å²) in [5.41, 5.74) is 2.77. The van der Waals surface area contributed by atoms with E-state index in [-0.39, 0.29) is 5.82 Å². The highest BCUT2D eigenvalue weighted by Crippen LogP contribution is 2.24. The monoisotopic (exact) mass is 431 g/mol. The first-order valence-electron chi connectivity index (χ1n) is 9.41. The van der Waals surface area contributed by atoms with Gasteiger partial charge >= 0.3 is 0 Å². The molecule has 3 aromatic rings. The second kappa shape index (κ2) is 8.31. The molecule has 2 heterocycles. The summed E-state index contributed by atoms with van der Waals surface area (Å²) in [7, 11) is -3.45. The molecule has 0 bridgehead atoms. The van der Waals surface area contributed by atoms with Gasteiger partial charge in [-0.3, -0.25) is 4.90 Å². The van der Waals surface area contributed by atoms with Crippen LogP contribution in [0.1, 0.15) is 10.6 Å². The Labute approximate surface area is 174 Å². The Balaban J connectivity index is 1.37. The van der Waals surface area contributed by atoms with Crippen molar-refractivity contribution >= 4 is 21.4 Å². The molecule has 0 saturated carbocycles. The van der Waals surface area contributed by atoms with Crippen LogP contribution in [0.3, 0.4) is 0 Å². The molecular formula is C21H22FN3O2S2. The Morgan fingerprint density at radius 3 is 2.31 bits per heavy atom. The molecule has 4 rings (SSSR count). The molecule has 1 aliphatic rings. The first-order valence-corrected chi connectivity index (χ1v) is 11.7. The Hall–Kier alpha value is -2.13. The van der Waals surface area contributed by atoms with Crippen LogP contribution in [0.2, 0.25) is 0 Å². The summed E-state index contributed by atoms with van der Waals surface area (Å²) in [5.74, 6) is -0.261. The van der Waals surface area contributed by atoms with Crippen LogP contribution in [0.4, 0.5) is 4.39 Å². The minimum atomic E-state index is -3.45. The van der Waals surface area contributed by atoms with E-state index < -0.39 is 10.0 Å². The molecule has 0 aliphatic carbocycles. The van der Waals surface area contributed by atoms with E-state index in [0.29, 0.717) is 37.6 Å². The lowest BCUT2D eigenvalue weighted by Crippen LogP contribution is -2.48. The van der Waals surface area contributed by atoms with Crippen LogP contribution in [0, 0.1) is 12.7 Å². The van der Waals surface area contributed by atoms with Gasteiger partial charge in [0.25, 0.3) is 0 Å². The van der Waals surface area contributed by atoms with Gasteiger partial charge in [0.1, 0.15) is 10.8 Å². The summed E-state index contributed by atoms with van der Waals surface area (Å²) in [6.45, 7) is 4.88. The van der Waals surface area contributed by atoms with E-state index in [1.807, 2.05) is 24.4 Å². The standard InChI is InChI=1S/C21H22FN3O2S2/c1-16-2-8-19(9-3-16)29(26,27)25-12-10-24(11-13-25)14-21-23-20(15-28-21)17-4-6-18(22)7-5-17/h2-9,15H,10-14H2,1H3. The highest BCUT2D eigenvalue weighted by Gasteiger charge is 2.28. The number of piperazine rings is 1. The van der Waals surface area contributed by atoms with Crippen LogP contribution < -0.4 is 0 Å². The number of nitrogens with zero attached hydrogens (tertiary/aromatic N) is 3. The lowest BCUT2D eigenvalue weighted by Gasteiger charge is -2.33. The number of thiazole rings is 1. The maximum Gasteiger partial charge on any atom is 0.243 e. The quantitative estimate of drug-likeness (QED) is 0.617. The van der Waals surface area contributed by atoms with Gasteiger partial charge in [0.05, 0.1) is 17.1 Å². The van der Waals surface area contributed by atoms with E-state index in [0.717, 1.165) is 21.8 Å². The van der Waals surface area contributed by atoms with Crippen molar-refractivity contribution in [3.05, 3.63) is 70.3 Å². The SMILES string of the molecule is Cc1ccc(S(=O)(=O)N2CCN(Cc3nc(-c4ccc(F)cc4)cs3)CC2)cc1. The van der Waals surface area contributed by atoms with Crippen LogP contribution in [0.25, 0.3) is 11.3 Å². The fourth-order valence-corrected chi connectivity index (χ4v) is 5.58. The molecule has 0 atom stereocenters. The number of benzene rings is 2. The number of hydrogen-bond donors (Lipinski definition) is 0. The maximum absolute atomic E-state index is 13.1. The third-order valence-corrected chi connectivity index (χ3v) is 7.79. The molecule has 0 amide bonds. The number of hydrogen-bond acceptors (Lipinski definition) is 5. The summed E-state index contributed by atoms with van der Waals surface area (Å²) in [4.78, 5) is 7.21. The Morgan fingerprint density at radius 2 is 1.66 bits per heavy atom. The van der Waals surface area contributed by atoms with E-state index in [4.69, 9.17) is 0 Å². The van der Waals surface area contributed by atoms with E-state index in [1.54, 1.807) is 39.9 Å². The van der Waals surface area contributed by atoms with Gasteiger partial charge in [-0.1, -0.05) is 17.7 Å². The molecule has 1 aliphatic heterocycles. The summed E-state index contributed by atoms with van der Waals surface area (Å²) in [6, 6.07) is 13.3. The van der Waals surface area contributed by atoms with Crippen molar-refractivity contribution in [3.8, 4) is 11.3 Å². The third kappa shape index (κ3) is 4.56. The molecule has 8 heteroatoms. The zero-order chi connectivity index (χ0) is 20.4. The molecular weight excluding hydrogens is 409 g/mol. The molecule has 1 aromatic heterocycles. The molecule has 1 saturated heterocycles. The van der Waals surface area contributed by atoms with E-state index in [1.165, 1.54) is 12.1 Å². The molecule has 0 unspecified atom stereocenters. The minimum Gasteiger partial charge on any atom is -0.294 e. The summed E-state index contributed by atoms with van der Waals surface area (Å²) >= 11 is 1.57. The largest absolute Gasteiger partial charge is 0.294 e. The predicted molar refractivity (Wildman–Crippen MR) is 113 cm³/mol. The highest BCUT2D eigenvalue weighted by atomic mass is 32.2. The van der Waals surface area contributed by atoms with Gasteiger partial charge in [0, 0.05) is 37.1 Å². The van der Waals surface area contributed by atoms with Crippen molar-refractivity contribution in [3.63, 3.8) is 0 Å². The minimum absolute atomic E-state index is 0.261. The van der Waals surface area contributed by atoms with Crippen LogP contribution in [-0.4, -0.2) is 48.8 Å². The normalized spacial score (nSPS) is 16.2. The second-order valence-corrected chi connectivity index (χ2v) is 10.0. The van der Waals surface area contributed by atoms with Gasteiger partial charge in [-0.15, -0.1) is 11.3 Å². The Bertz CT molecular complexity index is 1070. The summed E-state index contributed by atoms with van der Waals surface area (Å²) in [5, 5.41) is 2.94. The molecule has 5 nitrogen and oxygen atoms in total. The summed E-state index contributed by atoms with van der Waals surface area (Å²) < 4.78 is 40.3. The van der Waals surface area contributed by atoms with Gasteiger partial charge in [0.2, 0.25) is 10.0 Å². The number of rotatable bonds is 5. The fraction of sp³-hybridized carbons (Fsp3) is 0.286. The Kier molecular flexibility index (Phi) is 5.78. The topological polar surface area (TPSA) is 53.5 Å². The van der Waals surface area contributed by atoms with Crippen molar-refractivity contribution < 1.29 is 12.8 Å². The van der Waals surface area contributed by atoms with Gasteiger partial charge in [-0.25, -0.2) is 17.8 Å². The molecule has 152 valence electrons. The van der Waals surface area contributed by atoms with E-state index in [2.05, 4.69) is 9.88 Å². The van der Waals surface area contributed by atoms with Gasteiger partial charge < -0.3 is 0 Å². The van der Waals surface area contributed by atoms with Gasteiger partial charge in [-0.2, -0.15) is 4.31 Å². The molecule has 1 fully saturated rings. The first-order chi connectivity index (χ1) is 13.9. The fourth-order valence-electron chi connectivity index (χ4n) is 3.32. The average molecular weight is 432 g/mol. The zero-order valence-corrected chi connectivity index (χ0v) is 17.7. The maximum atomic E-state index is 13.1. The highest BCUT2D eigenvalue weighted by molar-refractivity contribution is 7.89. The number of halogens is 1. The van der Waals surface area contributed by atoms with Crippen molar-refractivity contribution in [2.75, 3.05) is 26.2 Å². The number of aryl methyl sites for hydroxylation is 1. The lowest BCUT2D eigenvalue weighted by atomic mass is 10.2. The zero-order valence-electron chi connectivity index (χ0n) is 16.1. The van der Waals surface area contributed by atoms with Crippen LogP contribution in [0.15, 0.2) is 58.8 Å². The van der Waals surface area contributed by atoms with E-state index in [9.17, 15) is 12.8 Å².